The third-order valence-corrected chi connectivity index (χ3v) is 3.48. The molecule has 5 heteroatoms. The molecule has 2 atom stereocenters. The molecule has 0 heterocycles. The van der Waals surface area contributed by atoms with Crippen molar-refractivity contribution < 1.29 is 9.66 Å². The Kier molecular flexibility index (Phi) is 6.45. The molecule has 0 aliphatic carbocycles. The van der Waals surface area contributed by atoms with Crippen molar-refractivity contribution in [2.45, 2.75) is 46.1 Å². The highest BCUT2D eigenvalue weighted by molar-refractivity contribution is 5.49. The predicted molar refractivity (Wildman–Crippen MR) is 80.4 cm³/mol. The zero-order chi connectivity index (χ0) is 15.1. The molecule has 2 unspecified atom stereocenters. The van der Waals surface area contributed by atoms with Crippen LogP contribution in [0.1, 0.15) is 45.6 Å². The monoisotopic (exact) mass is 280 g/mol. The third-order valence-electron chi connectivity index (χ3n) is 3.48. The van der Waals surface area contributed by atoms with Crippen LogP contribution >= 0.6 is 0 Å². The summed E-state index contributed by atoms with van der Waals surface area (Å²) in [5.41, 5.74) is 1.11. The lowest BCUT2D eigenvalue weighted by atomic mass is 9.89. The zero-order valence-corrected chi connectivity index (χ0v) is 12.7. The second-order valence-electron chi connectivity index (χ2n) is 4.78. The molecule has 5 nitrogen and oxygen atoms in total. The second kappa shape index (κ2) is 7.85. The van der Waals surface area contributed by atoms with Crippen LogP contribution in [0.5, 0.6) is 5.75 Å². The smallest absolute Gasteiger partial charge is 0.310 e. The van der Waals surface area contributed by atoms with Gasteiger partial charge in [0, 0.05) is 12.1 Å². The first kappa shape index (κ1) is 16.4. The van der Waals surface area contributed by atoms with Gasteiger partial charge in [0.1, 0.15) is 0 Å². The average molecular weight is 280 g/mol. The minimum Gasteiger partial charge on any atom is -0.487 e. The van der Waals surface area contributed by atoms with E-state index in [1.807, 2.05) is 19.1 Å². The molecule has 0 fully saturated rings. The van der Waals surface area contributed by atoms with E-state index in [0.29, 0.717) is 24.3 Å². The Balaban J connectivity index is 3.11. The maximum atomic E-state index is 11.0. The van der Waals surface area contributed by atoms with E-state index in [1.165, 1.54) is 0 Å². The van der Waals surface area contributed by atoms with E-state index in [9.17, 15) is 10.1 Å². The van der Waals surface area contributed by atoms with Gasteiger partial charge in [-0.05, 0) is 44.4 Å². The number of hydrogen-bond acceptors (Lipinski definition) is 4. The Morgan fingerprint density at radius 3 is 2.55 bits per heavy atom. The van der Waals surface area contributed by atoms with Gasteiger partial charge in [-0.2, -0.15) is 0 Å². The van der Waals surface area contributed by atoms with E-state index in [0.717, 1.165) is 18.5 Å². The van der Waals surface area contributed by atoms with Crippen molar-refractivity contribution in [1.82, 2.24) is 5.32 Å². The molecule has 0 amide bonds. The maximum absolute atomic E-state index is 11.0. The van der Waals surface area contributed by atoms with E-state index >= 15 is 0 Å². The first-order chi connectivity index (χ1) is 9.54. The van der Waals surface area contributed by atoms with Crippen LogP contribution < -0.4 is 10.1 Å². The Hall–Kier alpha value is -1.62. The van der Waals surface area contributed by atoms with Crippen LogP contribution in [0, 0.1) is 10.1 Å². The van der Waals surface area contributed by atoms with Gasteiger partial charge in [-0.15, -0.1) is 0 Å². The molecule has 1 aromatic rings. The number of nitro groups is 1. The van der Waals surface area contributed by atoms with E-state index in [4.69, 9.17) is 4.74 Å². The summed E-state index contributed by atoms with van der Waals surface area (Å²) in [6.07, 6.45) is 0.970. The average Bonchev–Trinajstić information content (AvgIpc) is 2.40. The third kappa shape index (κ3) is 3.93. The van der Waals surface area contributed by atoms with E-state index in [-0.39, 0.29) is 5.69 Å². The van der Waals surface area contributed by atoms with Crippen LogP contribution in [0.25, 0.3) is 0 Å². The number of nitro benzene ring substituents is 1. The standard InChI is InChI=1S/C15H24N2O3/c1-5-13(11(4)16-6-2)12-8-9-14(17(18)19)15(10-12)20-7-3/h8-11,13,16H,5-7H2,1-4H3. The minimum absolute atomic E-state index is 0.0292. The van der Waals surface area contributed by atoms with Crippen molar-refractivity contribution in [1.29, 1.82) is 0 Å². The van der Waals surface area contributed by atoms with Gasteiger partial charge in [0.2, 0.25) is 0 Å². The lowest BCUT2D eigenvalue weighted by molar-refractivity contribution is -0.385. The van der Waals surface area contributed by atoms with Crippen LogP contribution in [-0.4, -0.2) is 24.1 Å². The predicted octanol–water partition coefficient (Wildman–Crippen LogP) is 3.49. The molecule has 0 aromatic heterocycles. The van der Waals surface area contributed by atoms with Crippen molar-refractivity contribution in [2.24, 2.45) is 0 Å². The first-order valence-corrected chi connectivity index (χ1v) is 7.19. The topological polar surface area (TPSA) is 64.4 Å². The highest BCUT2D eigenvalue weighted by atomic mass is 16.6. The van der Waals surface area contributed by atoms with E-state index in [2.05, 4.69) is 26.1 Å². The molecule has 112 valence electrons. The van der Waals surface area contributed by atoms with Gasteiger partial charge in [0.25, 0.3) is 0 Å². The molecule has 0 bridgehead atoms. The van der Waals surface area contributed by atoms with Crippen LogP contribution in [0.4, 0.5) is 5.69 Å². The fourth-order valence-corrected chi connectivity index (χ4v) is 2.53. The number of ether oxygens (including phenoxy) is 1. The molecule has 1 rings (SSSR count). The second-order valence-corrected chi connectivity index (χ2v) is 4.78. The fraction of sp³-hybridized carbons (Fsp3) is 0.600. The summed E-state index contributed by atoms with van der Waals surface area (Å²) in [5, 5.41) is 14.4. The molecule has 1 aromatic carbocycles. The Labute approximate surface area is 120 Å². The Morgan fingerprint density at radius 2 is 2.05 bits per heavy atom. The lowest BCUT2D eigenvalue weighted by Gasteiger charge is -2.24. The molecular weight excluding hydrogens is 256 g/mol. The normalized spacial score (nSPS) is 13.8. The van der Waals surface area contributed by atoms with Gasteiger partial charge in [-0.25, -0.2) is 0 Å². The van der Waals surface area contributed by atoms with Crippen molar-refractivity contribution >= 4 is 5.69 Å². The largest absolute Gasteiger partial charge is 0.487 e. The van der Waals surface area contributed by atoms with Crippen molar-refractivity contribution in [2.75, 3.05) is 13.2 Å². The van der Waals surface area contributed by atoms with Gasteiger partial charge in [0.05, 0.1) is 11.5 Å². The maximum Gasteiger partial charge on any atom is 0.310 e. The van der Waals surface area contributed by atoms with Gasteiger partial charge < -0.3 is 10.1 Å². The Morgan fingerprint density at radius 1 is 1.35 bits per heavy atom. The number of nitrogens with zero attached hydrogens (tertiary/aromatic N) is 1. The number of hydrogen-bond donors (Lipinski definition) is 1. The first-order valence-electron chi connectivity index (χ1n) is 7.19. The summed E-state index contributed by atoms with van der Waals surface area (Å²) in [6, 6.07) is 5.51. The van der Waals surface area contributed by atoms with Crippen LogP contribution in [0.2, 0.25) is 0 Å². The SMILES string of the molecule is CCNC(C)C(CC)c1ccc([N+](=O)[O-])c(OCC)c1. The summed E-state index contributed by atoms with van der Waals surface area (Å²) in [4.78, 5) is 10.6. The van der Waals surface area contributed by atoms with Gasteiger partial charge >= 0.3 is 5.69 Å². The molecule has 1 N–H and O–H groups in total. The highest BCUT2D eigenvalue weighted by Crippen LogP contribution is 2.33. The van der Waals surface area contributed by atoms with Crippen molar-refractivity contribution in [3.05, 3.63) is 33.9 Å². The summed E-state index contributed by atoms with van der Waals surface area (Å²) in [7, 11) is 0. The quantitative estimate of drug-likeness (QED) is 0.585. The van der Waals surface area contributed by atoms with Crippen LogP contribution in [0.3, 0.4) is 0 Å². The van der Waals surface area contributed by atoms with E-state index < -0.39 is 4.92 Å². The molecule has 20 heavy (non-hydrogen) atoms. The highest BCUT2D eigenvalue weighted by Gasteiger charge is 2.21. The van der Waals surface area contributed by atoms with Crippen LogP contribution in [0.15, 0.2) is 18.2 Å². The summed E-state index contributed by atoms with van der Waals surface area (Å²) in [6.45, 7) is 9.49. The lowest BCUT2D eigenvalue weighted by Crippen LogP contribution is -2.31. The number of rotatable bonds is 8. The molecule has 0 saturated heterocycles. The molecule has 0 aliphatic rings. The molecule has 0 aliphatic heterocycles. The molecular formula is C15H24N2O3. The van der Waals surface area contributed by atoms with Crippen molar-refractivity contribution in [3.63, 3.8) is 0 Å². The summed E-state index contributed by atoms with van der Waals surface area (Å²) < 4.78 is 5.41. The fourth-order valence-electron chi connectivity index (χ4n) is 2.53. The number of nitrogens with one attached hydrogen (secondary N) is 1. The zero-order valence-electron chi connectivity index (χ0n) is 12.7. The van der Waals surface area contributed by atoms with E-state index in [1.54, 1.807) is 6.07 Å². The summed E-state index contributed by atoms with van der Waals surface area (Å²) in [5.74, 6) is 0.673. The van der Waals surface area contributed by atoms with Crippen LogP contribution in [-0.2, 0) is 0 Å². The van der Waals surface area contributed by atoms with Gasteiger partial charge in [-0.3, -0.25) is 10.1 Å². The molecule has 0 saturated carbocycles. The van der Waals surface area contributed by atoms with Crippen molar-refractivity contribution in [3.8, 4) is 5.75 Å². The summed E-state index contributed by atoms with van der Waals surface area (Å²) >= 11 is 0. The number of likely N-dealkylation sites (N-methyl/N-ethyl adjacent to an activating group) is 1. The number of benzene rings is 1. The molecule has 0 spiro atoms. The minimum atomic E-state index is -0.399. The molecule has 0 radical (unpaired) electrons. The van der Waals surface area contributed by atoms with Gasteiger partial charge in [0.15, 0.2) is 5.75 Å². The Bertz CT molecular complexity index is 449. The van der Waals surface area contributed by atoms with Gasteiger partial charge in [-0.1, -0.05) is 19.9 Å².